The summed E-state index contributed by atoms with van der Waals surface area (Å²) >= 11 is 0. The molecular formula is C14H12F5NO. The number of nitrogens with one attached hydrogen (secondary N) is 1. The highest BCUT2D eigenvalue weighted by Gasteiger charge is 2.32. The molecule has 1 N–H and O–H groups in total. The van der Waals surface area contributed by atoms with Gasteiger partial charge >= 0.3 is 0 Å². The van der Waals surface area contributed by atoms with Gasteiger partial charge in [-0.05, 0) is 25.1 Å². The fraction of sp³-hybridized carbons (Fsp3) is 0.286. The molecule has 0 spiro atoms. The van der Waals surface area contributed by atoms with Crippen molar-refractivity contribution in [3.63, 3.8) is 0 Å². The number of hydrogen-bond acceptors (Lipinski definition) is 2. The molecule has 1 unspecified atom stereocenters. The second kappa shape index (κ2) is 6.26. The van der Waals surface area contributed by atoms with Crippen LogP contribution in [0.2, 0.25) is 0 Å². The molecule has 0 aliphatic rings. The van der Waals surface area contributed by atoms with E-state index in [1.54, 1.807) is 6.92 Å². The molecule has 0 amide bonds. The third kappa shape index (κ3) is 2.78. The number of halogens is 5. The highest BCUT2D eigenvalue weighted by molar-refractivity contribution is 5.32. The lowest BCUT2D eigenvalue weighted by Crippen LogP contribution is -2.26. The van der Waals surface area contributed by atoms with Gasteiger partial charge in [-0.3, -0.25) is 0 Å². The van der Waals surface area contributed by atoms with E-state index in [-0.39, 0.29) is 5.76 Å². The molecule has 0 radical (unpaired) electrons. The van der Waals surface area contributed by atoms with E-state index in [4.69, 9.17) is 4.42 Å². The van der Waals surface area contributed by atoms with Gasteiger partial charge in [-0.15, -0.1) is 0 Å². The summed E-state index contributed by atoms with van der Waals surface area (Å²) in [7, 11) is 0. The minimum absolute atomic E-state index is 0.0617. The third-order valence-electron chi connectivity index (χ3n) is 2.96. The summed E-state index contributed by atoms with van der Waals surface area (Å²) in [5.74, 6) is -9.79. The van der Waals surface area contributed by atoms with Crippen molar-refractivity contribution in [2.45, 2.75) is 19.4 Å². The average molecular weight is 305 g/mol. The van der Waals surface area contributed by atoms with Gasteiger partial charge in [-0.2, -0.15) is 0 Å². The van der Waals surface area contributed by atoms with E-state index in [1.807, 2.05) is 0 Å². The van der Waals surface area contributed by atoms with E-state index < -0.39 is 40.7 Å². The summed E-state index contributed by atoms with van der Waals surface area (Å²) in [4.78, 5) is 0. The zero-order valence-electron chi connectivity index (χ0n) is 11.0. The maximum atomic E-state index is 13.9. The van der Waals surface area contributed by atoms with E-state index in [1.165, 1.54) is 18.4 Å². The topological polar surface area (TPSA) is 25.2 Å². The molecule has 0 bridgehead atoms. The second-order valence-electron chi connectivity index (χ2n) is 4.39. The molecule has 21 heavy (non-hydrogen) atoms. The number of rotatable bonds is 5. The van der Waals surface area contributed by atoms with Gasteiger partial charge in [0, 0.05) is 0 Å². The Labute approximate surface area is 117 Å². The predicted molar refractivity (Wildman–Crippen MR) is 65.1 cm³/mol. The Hall–Kier alpha value is -1.89. The maximum absolute atomic E-state index is 13.9. The SMILES string of the molecule is CCCNC(c1ccco1)c1c(F)c(F)c(F)c(F)c1F. The van der Waals surface area contributed by atoms with Crippen molar-refractivity contribution >= 4 is 0 Å². The van der Waals surface area contributed by atoms with Crippen LogP contribution in [0.15, 0.2) is 22.8 Å². The van der Waals surface area contributed by atoms with E-state index in [2.05, 4.69) is 5.32 Å². The maximum Gasteiger partial charge on any atom is 0.200 e. The molecular weight excluding hydrogens is 293 g/mol. The van der Waals surface area contributed by atoms with Crippen LogP contribution in [0.1, 0.15) is 30.7 Å². The molecule has 0 saturated carbocycles. The lowest BCUT2D eigenvalue weighted by atomic mass is 10.0. The normalized spacial score (nSPS) is 12.7. The van der Waals surface area contributed by atoms with Crippen LogP contribution < -0.4 is 5.32 Å². The third-order valence-corrected chi connectivity index (χ3v) is 2.96. The van der Waals surface area contributed by atoms with Crippen molar-refractivity contribution in [3.05, 3.63) is 58.8 Å². The van der Waals surface area contributed by atoms with Gasteiger partial charge in [0.15, 0.2) is 23.3 Å². The summed E-state index contributed by atoms with van der Waals surface area (Å²) in [6.07, 6.45) is 1.86. The molecule has 0 aliphatic heterocycles. The van der Waals surface area contributed by atoms with Gasteiger partial charge in [0.05, 0.1) is 17.9 Å². The Morgan fingerprint density at radius 3 is 2.05 bits per heavy atom. The zero-order chi connectivity index (χ0) is 15.6. The van der Waals surface area contributed by atoms with E-state index in [9.17, 15) is 22.0 Å². The fourth-order valence-corrected chi connectivity index (χ4v) is 1.96. The first-order chi connectivity index (χ1) is 9.99. The fourth-order valence-electron chi connectivity index (χ4n) is 1.96. The summed E-state index contributed by atoms with van der Waals surface area (Å²) in [6, 6.07) is 1.59. The molecule has 1 aromatic heterocycles. The summed E-state index contributed by atoms with van der Waals surface area (Å²) in [6.45, 7) is 2.11. The van der Waals surface area contributed by atoms with Crippen molar-refractivity contribution in [1.82, 2.24) is 5.32 Å². The lowest BCUT2D eigenvalue weighted by molar-refractivity contribution is 0.352. The van der Waals surface area contributed by atoms with Crippen LogP contribution in [0.25, 0.3) is 0 Å². The Morgan fingerprint density at radius 1 is 1.00 bits per heavy atom. The van der Waals surface area contributed by atoms with Gasteiger partial charge in [0.1, 0.15) is 5.76 Å². The molecule has 0 aliphatic carbocycles. The molecule has 114 valence electrons. The lowest BCUT2D eigenvalue weighted by Gasteiger charge is -2.19. The quantitative estimate of drug-likeness (QED) is 0.512. The number of hydrogen-bond donors (Lipinski definition) is 1. The molecule has 2 aromatic rings. The summed E-state index contributed by atoms with van der Waals surface area (Å²) in [5, 5.41) is 2.71. The van der Waals surface area contributed by atoms with Crippen LogP contribution in [0.5, 0.6) is 0 Å². The number of benzene rings is 1. The van der Waals surface area contributed by atoms with Gasteiger partial charge in [-0.1, -0.05) is 6.92 Å². The minimum Gasteiger partial charge on any atom is -0.467 e. The Bertz CT molecular complexity index is 598. The van der Waals surface area contributed by atoms with Crippen LogP contribution in [-0.2, 0) is 0 Å². The zero-order valence-corrected chi connectivity index (χ0v) is 11.0. The highest BCUT2D eigenvalue weighted by atomic mass is 19.2. The average Bonchev–Trinajstić information content (AvgIpc) is 3.00. The van der Waals surface area contributed by atoms with Crippen LogP contribution >= 0.6 is 0 Å². The largest absolute Gasteiger partial charge is 0.467 e. The molecule has 2 nitrogen and oxygen atoms in total. The van der Waals surface area contributed by atoms with Crippen LogP contribution in [0.4, 0.5) is 22.0 Å². The van der Waals surface area contributed by atoms with Gasteiger partial charge in [0.2, 0.25) is 5.82 Å². The predicted octanol–water partition coefficient (Wildman–Crippen LogP) is 4.06. The van der Waals surface area contributed by atoms with Crippen molar-refractivity contribution in [3.8, 4) is 0 Å². The van der Waals surface area contributed by atoms with E-state index >= 15 is 0 Å². The molecule has 2 rings (SSSR count). The van der Waals surface area contributed by atoms with Crippen molar-refractivity contribution in [2.24, 2.45) is 0 Å². The first kappa shape index (κ1) is 15.5. The molecule has 0 saturated heterocycles. The van der Waals surface area contributed by atoms with Crippen LogP contribution in [-0.4, -0.2) is 6.54 Å². The van der Waals surface area contributed by atoms with Crippen molar-refractivity contribution in [2.75, 3.05) is 6.54 Å². The van der Waals surface area contributed by atoms with Gasteiger partial charge in [0.25, 0.3) is 0 Å². The summed E-state index contributed by atoms with van der Waals surface area (Å²) in [5.41, 5.74) is -0.949. The molecule has 0 fully saturated rings. The van der Waals surface area contributed by atoms with Crippen LogP contribution in [0, 0.1) is 29.1 Å². The Balaban J connectivity index is 2.60. The Kier molecular flexibility index (Phi) is 4.62. The first-order valence-corrected chi connectivity index (χ1v) is 6.27. The second-order valence-corrected chi connectivity index (χ2v) is 4.39. The number of furan rings is 1. The van der Waals surface area contributed by atoms with Crippen LogP contribution in [0.3, 0.4) is 0 Å². The Morgan fingerprint density at radius 2 is 1.57 bits per heavy atom. The first-order valence-electron chi connectivity index (χ1n) is 6.27. The molecule has 1 aromatic carbocycles. The monoisotopic (exact) mass is 305 g/mol. The molecule has 1 atom stereocenters. The minimum atomic E-state index is -2.18. The van der Waals surface area contributed by atoms with Gasteiger partial charge < -0.3 is 9.73 Å². The van der Waals surface area contributed by atoms with E-state index in [0.717, 1.165) is 0 Å². The molecule has 7 heteroatoms. The smallest absolute Gasteiger partial charge is 0.200 e. The standard InChI is InChI=1S/C14H12F5NO/c1-2-5-20-14(7-4-3-6-21-7)8-9(15)11(17)13(19)12(18)10(8)16/h3-4,6,14,20H,2,5H2,1H3. The van der Waals surface area contributed by atoms with Gasteiger partial charge in [-0.25, -0.2) is 22.0 Å². The van der Waals surface area contributed by atoms with E-state index in [0.29, 0.717) is 13.0 Å². The molecule has 1 heterocycles. The summed E-state index contributed by atoms with van der Waals surface area (Å²) < 4.78 is 72.5. The van der Waals surface area contributed by atoms with Crippen molar-refractivity contribution < 1.29 is 26.4 Å². The highest BCUT2D eigenvalue weighted by Crippen LogP contribution is 2.31. The van der Waals surface area contributed by atoms with Crippen molar-refractivity contribution in [1.29, 1.82) is 0 Å².